The third kappa shape index (κ3) is 2.76. The van der Waals surface area contributed by atoms with Gasteiger partial charge in [-0.05, 0) is 13.8 Å². The average Bonchev–Trinajstić information content (AvgIpc) is 2.93. The Bertz CT molecular complexity index is 667. The van der Waals surface area contributed by atoms with Crippen LogP contribution in [0.5, 0.6) is 0 Å². The molecule has 1 aromatic heterocycles. The molecule has 0 aliphatic rings. The quantitative estimate of drug-likeness (QED) is 0.548. The van der Waals surface area contributed by atoms with Crippen molar-refractivity contribution in [3.05, 3.63) is 66.2 Å². The normalized spacial score (nSPS) is 10.1. The predicted octanol–water partition coefficient (Wildman–Crippen LogP) is 4.42. The van der Waals surface area contributed by atoms with Crippen molar-refractivity contribution in [2.75, 3.05) is 0 Å². The molecular weight excluding hydrogens is 429 g/mol. The number of nitrogens with zero attached hydrogens (tertiary/aromatic N) is 1. The zero-order valence-electron chi connectivity index (χ0n) is 11.3. The maximum absolute atomic E-state index is 4.99. The molecule has 2 aromatic carbocycles. The summed E-state index contributed by atoms with van der Waals surface area (Å²) in [6.07, 6.45) is 3.06. The molecule has 3 rings (SSSR count). The molecule has 0 spiro atoms. The molecule has 0 bridgehead atoms. The molecular formula is C17H14NOPt-. The zero-order chi connectivity index (χ0) is 13.2. The zero-order valence-corrected chi connectivity index (χ0v) is 13.6. The second kappa shape index (κ2) is 6.19. The fourth-order valence-electron chi connectivity index (χ4n) is 2.36. The van der Waals surface area contributed by atoms with E-state index in [2.05, 4.69) is 49.2 Å². The summed E-state index contributed by atoms with van der Waals surface area (Å²) in [4.78, 5) is 4.13. The van der Waals surface area contributed by atoms with Crippen LogP contribution in [0.15, 0.2) is 53.5 Å². The Morgan fingerprint density at radius 3 is 2.35 bits per heavy atom. The van der Waals surface area contributed by atoms with Gasteiger partial charge >= 0.3 is 0 Å². The van der Waals surface area contributed by atoms with Gasteiger partial charge in [0.15, 0.2) is 6.39 Å². The van der Waals surface area contributed by atoms with E-state index >= 15 is 0 Å². The minimum Gasteiger partial charge on any atom is -0.462 e. The van der Waals surface area contributed by atoms with Crippen molar-refractivity contribution in [3.63, 3.8) is 0 Å². The Morgan fingerprint density at radius 1 is 1.05 bits per heavy atom. The van der Waals surface area contributed by atoms with Crippen LogP contribution in [-0.2, 0) is 21.1 Å². The predicted molar refractivity (Wildman–Crippen MR) is 75.7 cm³/mol. The fourth-order valence-corrected chi connectivity index (χ4v) is 2.36. The van der Waals surface area contributed by atoms with Gasteiger partial charge in [-0.25, -0.2) is 0 Å². The van der Waals surface area contributed by atoms with Crippen molar-refractivity contribution >= 4 is 0 Å². The van der Waals surface area contributed by atoms with E-state index in [1.165, 1.54) is 28.6 Å². The Hall–Kier alpha value is -1.66. The number of aryl methyl sites for hydroxylation is 2. The van der Waals surface area contributed by atoms with Gasteiger partial charge in [0.2, 0.25) is 0 Å². The van der Waals surface area contributed by atoms with Crippen molar-refractivity contribution in [1.29, 1.82) is 0 Å². The fraction of sp³-hybridized carbons (Fsp3) is 0.118. The van der Waals surface area contributed by atoms with Gasteiger partial charge in [0, 0.05) is 26.8 Å². The maximum atomic E-state index is 4.99. The first-order chi connectivity index (χ1) is 9.25. The largest absolute Gasteiger partial charge is 0.462 e. The van der Waals surface area contributed by atoms with Crippen LogP contribution in [0.4, 0.5) is 0 Å². The van der Waals surface area contributed by atoms with Crippen LogP contribution in [0.25, 0.3) is 22.4 Å². The molecule has 0 radical (unpaired) electrons. The molecule has 0 N–H and O–H groups in total. The molecule has 104 valence electrons. The van der Waals surface area contributed by atoms with E-state index in [4.69, 9.17) is 4.42 Å². The smallest absolute Gasteiger partial charge is 0.170 e. The topological polar surface area (TPSA) is 26.0 Å². The molecule has 2 nitrogen and oxygen atoms in total. The summed E-state index contributed by atoms with van der Waals surface area (Å²) in [5.74, 6) is 0. The molecule has 0 atom stereocenters. The Kier molecular flexibility index (Phi) is 4.56. The van der Waals surface area contributed by atoms with Gasteiger partial charge in [-0.2, -0.15) is 0 Å². The minimum atomic E-state index is 0. The van der Waals surface area contributed by atoms with Crippen molar-refractivity contribution in [3.8, 4) is 22.4 Å². The van der Waals surface area contributed by atoms with Crippen LogP contribution >= 0.6 is 0 Å². The second-order valence-electron chi connectivity index (χ2n) is 4.63. The molecule has 0 aliphatic heterocycles. The van der Waals surface area contributed by atoms with Gasteiger partial charge in [-0.3, -0.25) is 4.98 Å². The summed E-state index contributed by atoms with van der Waals surface area (Å²) in [6.45, 7) is 4.27. The molecule has 0 aliphatic carbocycles. The molecule has 3 aromatic rings. The van der Waals surface area contributed by atoms with E-state index in [0.717, 1.165) is 11.3 Å². The van der Waals surface area contributed by atoms with Gasteiger partial charge < -0.3 is 4.42 Å². The van der Waals surface area contributed by atoms with E-state index < -0.39 is 0 Å². The van der Waals surface area contributed by atoms with E-state index in [-0.39, 0.29) is 21.1 Å². The van der Waals surface area contributed by atoms with Crippen LogP contribution in [-0.4, -0.2) is 4.98 Å². The molecule has 1 heterocycles. The van der Waals surface area contributed by atoms with Crippen LogP contribution in [0.2, 0.25) is 0 Å². The van der Waals surface area contributed by atoms with E-state index in [9.17, 15) is 0 Å². The molecule has 0 fully saturated rings. The van der Waals surface area contributed by atoms with Gasteiger partial charge in [-0.1, -0.05) is 40.5 Å². The standard InChI is InChI=1S/C17H14NO.Pt/c1-12-4-3-5-13(2)17(12)15-8-6-14(7-9-15)16-10-19-11-18-16;/h3-6,8-11H,1-2H3;/q-1;. The number of benzene rings is 2. The maximum Gasteiger partial charge on any atom is 0.170 e. The number of hydrogen-bond acceptors (Lipinski definition) is 2. The van der Waals surface area contributed by atoms with Gasteiger partial charge in [0.1, 0.15) is 0 Å². The molecule has 0 saturated carbocycles. The summed E-state index contributed by atoms with van der Waals surface area (Å²) >= 11 is 0. The minimum absolute atomic E-state index is 0. The third-order valence-electron chi connectivity index (χ3n) is 3.29. The first-order valence-electron chi connectivity index (χ1n) is 6.22. The Balaban J connectivity index is 0.00000147. The summed E-state index contributed by atoms with van der Waals surface area (Å²) in [5, 5.41) is 0. The van der Waals surface area contributed by atoms with Crippen LogP contribution in [0.1, 0.15) is 11.1 Å². The first-order valence-corrected chi connectivity index (χ1v) is 6.22. The third-order valence-corrected chi connectivity index (χ3v) is 3.29. The molecule has 3 heteroatoms. The monoisotopic (exact) mass is 443 g/mol. The summed E-state index contributed by atoms with van der Waals surface area (Å²) in [6, 6.07) is 15.8. The molecule has 0 amide bonds. The van der Waals surface area contributed by atoms with Gasteiger partial charge in [-0.15, -0.1) is 29.8 Å². The number of oxazole rings is 1. The van der Waals surface area contributed by atoms with Crippen LogP contribution < -0.4 is 0 Å². The Morgan fingerprint density at radius 2 is 1.80 bits per heavy atom. The van der Waals surface area contributed by atoms with Crippen molar-refractivity contribution in [2.24, 2.45) is 0 Å². The molecule has 0 saturated heterocycles. The van der Waals surface area contributed by atoms with Crippen molar-refractivity contribution in [1.82, 2.24) is 4.98 Å². The summed E-state index contributed by atoms with van der Waals surface area (Å²) in [7, 11) is 0. The van der Waals surface area contributed by atoms with Gasteiger partial charge in [0.25, 0.3) is 0 Å². The molecule has 0 unspecified atom stereocenters. The van der Waals surface area contributed by atoms with E-state index in [0.29, 0.717) is 0 Å². The Labute approximate surface area is 133 Å². The average molecular weight is 443 g/mol. The summed E-state index contributed by atoms with van der Waals surface area (Å²) < 4.78 is 4.99. The number of rotatable bonds is 2. The second-order valence-corrected chi connectivity index (χ2v) is 4.63. The van der Waals surface area contributed by atoms with E-state index in [1.54, 1.807) is 6.26 Å². The SMILES string of the molecule is Cc1cccc(C)c1-c1c[c-]c(-c2cocn2)cc1.[Pt]. The van der Waals surface area contributed by atoms with Crippen LogP contribution in [0, 0.1) is 19.9 Å². The van der Waals surface area contributed by atoms with Crippen molar-refractivity contribution in [2.45, 2.75) is 13.8 Å². The van der Waals surface area contributed by atoms with E-state index in [1.807, 2.05) is 12.1 Å². The first kappa shape index (κ1) is 14.7. The van der Waals surface area contributed by atoms with Gasteiger partial charge in [0.05, 0.1) is 6.26 Å². The number of hydrogen-bond donors (Lipinski definition) is 0. The number of aromatic nitrogens is 1. The summed E-state index contributed by atoms with van der Waals surface area (Å²) in [5.41, 5.74) is 6.79. The molecule has 20 heavy (non-hydrogen) atoms. The van der Waals surface area contributed by atoms with Crippen molar-refractivity contribution < 1.29 is 25.5 Å². The van der Waals surface area contributed by atoms with Crippen LogP contribution in [0.3, 0.4) is 0 Å².